The molecule has 0 saturated heterocycles. The molecule has 28 heavy (non-hydrogen) atoms. The van der Waals surface area contributed by atoms with E-state index in [1.807, 2.05) is 48.7 Å². The van der Waals surface area contributed by atoms with E-state index in [0.29, 0.717) is 23.4 Å². The first-order valence-electron chi connectivity index (χ1n) is 9.47. The van der Waals surface area contributed by atoms with Gasteiger partial charge >= 0.3 is 37.9 Å². The van der Waals surface area contributed by atoms with Gasteiger partial charge in [-0.3, -0.25) is 4.99 Å². The van der Waals surface area contributed by atoms with Gasteiger partial charge in [-0.1, -0.05) is 57.0 Å². The summed E-state index contributed by atoms with van der Waals surface area (Å²) in [5.41, 5.74) is 2.45. The Morgan fingerprint density at radius 3 is 2.46 bits per heavy atom. The van der Waals surface area contributed by atoms with Crippen molar-refractivity contribution >= 4 is 23.2 Å². The molecule has 3 rings (SSSR count). The number of benzene rings is 2. The molecule has 2 aromatic rings. The van der Waals surface area contributed by atoms with Gasteiger partial charge in [0.15, 0.2) is 0 Å². The van der Waals surface area contributed by atoms with Crippen molar-refractivity contribution in [2.24, 2.45) is 16.8 Å². The second kappa shape index (κ2) is 12.0. The molecule has 0 bridgehead atoms. The summed E-state index contributed by atoms with van der Waals surface area (Å²) in [6.45, 7) is 4.59. The second-order valence-corrected chi connectivity index (χ2v) is 10.9. The molecule has 3 unspecified atom stereocenters. The molecule has 3 nitrogen and oxygen atoms in total. The van der Waals surface area contributed by atoms with Crippen molar-refractivity contribution < 1.29 is 30.7 Å². The summed E-state index contributed by atoms with van der Waals surface area (Å²) in [5, 5.41) is 10.8. The van der Waals surface area contributed by atoms with Crippen molar-refractivity contribution in [3.8, 4) is 22.6 Å². The Morgan fingerprint density at radius 2 is 1.82 bits per heavy atom. The molecule has 0 aromatic heterocycles. The van der Waals surface area contributed by atoms with Gasteiger partial charge in [-0.05, 0) is 36.0 Å². The van der Waals surface area contributed by atoms with E-state index in [2.05, 4.69) is 13.8 Å². The summed E-state index contributed by atoms with van der Waals surface area (Å²) in [7, 11) is 11.5. The van der Waals surface area contributed by atoms with E-state index >= 15 is 0 Å². The molecule has 0 heterocycles. The number of phenolic OH excluding ortho intramolecular Hbond substituents is 1. The van der Waals surface area contributed by atoms with Crippen LogP contribution in [0.25, 0.3) is 11.1 Å². The Hall–Kier alpha value is -0.827. The van der Waals surface area contributed by atoms with Crippen LogP contribution in [0.15, 0.2) is 47.5 Å². The van der Waals surface area contributed by atoms with Gasteiger partial charge in [0.1, 0.15) is 11.5 Å². The van der Waals surface area contributed by atoms with E-state index in [4.69, 9.17) is 26.8 Å². The van der Waals surface area contributed by atoms with Crippen molar-refractivity contribution in [1.29, 1.82) is 0 Å². The van der Waals surface area contributed by atoms with Gasteiger partial charge < -0.3 is 9.84 Å². The predicted molar refractivity (Wildman–Crippen MR) is 115 cm³/mol. The summed E-state index contributed by atoms with van der Waals surface area (Å²) < 4.78 is 5.43. The van der Waals surface area contributed by atoms with Crippen LogP contribution >= 0.6 is 17.0 Å². The van der Waals surface area contributed by atoms with Crippen LogP contribution in [0.3, 0.4) is 0 Å². The molecule has 2 aromatic carbocycles. The monoisotopic (exact) mass is 497 g/mol. The zero-order valence-electron chi connectivity index (χ0n) is 16.5. The Labute approximate surface area is 186 Å². The number of nitrogens with zero attached hydrogens (tertiary/aromatic N) is 1. The average molecular weight is 500 g/mol. The van der Waals surface area contributed by atoms with Crippen molar-refractivity contribution in [2.45, 2.75) is 39.2 Å². The van der Waals surface area contributed by atoms with E-state index in [9.17, 15) is 5.11 Å². The van der Waals surface area contributed by atoms with Crippen LogP contribution < -0.4 is 4.74 Å². The Bertz CT molecular complexity index is 771. The van der Waals surface area contributed by atoms with Crippen molar-refractivity contribution in [1.82, 2.24) is 0 Å². The quantitative estimate of drug-likeness (QED) is 0.477. The molecule has 3 atom stereocenters. The fourth-order valence-corrected chi connectivity index (χ4v) is 3.62. The molecule has 6 heteroatoms. The number of aliphatic imine (C=N–C) groups is 1. The molecular formula is C22H27Cl2NO2Zr. The zero-order chi connectivity index (χ0) is 20.5. The summed E-state index contributed by atoms with van der Waals surface area (Å²) in [4.78, 5) is 4.82. The average Bonchev–Trinajstić information content (AvgIpc) is 2.71. The third-order valence-electron chi connectivity index (χ3n) is 5.50. The number of halogens is 2. The molecule has 0 amide bonds. The van der Waals surface area contributed by atoms with Gasteiger partial charge in [-0.2, -0.15) is 0 Å². The van der Waals surface area contributed by atoms with Crippen molar-refractivity contribution in [2.75, 3.05) is 7.11 Å². The Kier molecular flexibility index (Phi) is 10.1. The van der Waals surface area contributed by atoms with Crippen LogP contribution in [-0.4, -0.2) is 24.5 Å². The fourth-order valence-electron chi connectivity index (χ4n) is 3.62. The van der Waals surface area contributed by atoms with Crippen molar-refractivity contribution in [3.63, 3.8) is 0 Å². The summed E-state index contributed by atoms with van der Waals surface area (Å²) >= 11 is -0.826. The van der Waals surface area contributed by atoms with Gasteiger partial charge in [-0.25, -0.2) is 0 Å². The Morgan fingerprint density at radius 1 is 1.14 bits per heavy atom. The molecule has 0 spiro atoms. The number of hydrogen-bond donors (Lipinski definition) is 1. The Balaban J connectivity index is 0.000000878. The maximum atomic E-state index is 10.8. The minimum atomic E-state index is -0.826. The van der Waals surface area contributed by atoms with Gasteiger partial charge in [-0.15, -0.1) is 0 Å². The first-order valence-corrected chi connectivity index (χ1v) is 15.8. The third kappa shape index (κ3) is 6.34. The SMILES string of the molecule is COc1cc(C=NC2CCCC(C)C2C)c(O)c(-c2ccccc2)c1.[Cl][Zr][Cl]. The second-order valence-electron chi connectivity index (χ2n) is 7.16. The van der Waals surface area contributed by atoms with Crippen molar-refractivity contribution in [3.05, 3.63) is 48.0 Å². The summed E-state index contributed by atoms with van der Waals surface area (Å²) in [5.74, 6) is 2.26. The molecule has 1 N–H and O–H groups in total. The first kappa shape index (κ1) is 23.5. The normalized spacial score (nSPS) is 21.7. The van der Waals surface area contributed by atoms with Crippen LogP contribution in [0.4, 0.5) is 0 Å². The van der Waals surface area contributed by atoms with Crippen LogP contribution in [0.1, 0.15) is 38.7 Å². The van der Waals surface area contributed by atoms with E-state index in [1.165, 1.54) is 12.8 Å². The van der Waals surface area contributed by atoms with E-state index in [0.717, 1.165) is 23.3 Å². The van der Waals surface area contributed by atoms with Gasteiger partial charge in [0.25, 0.3) is 0 Å². The van der Waals surface area contributed by atoms with Crippen LogP contribution in [0.5, 0.6) is 11.5 Å². The van der Waals surface area contributed by atoms with Crippen LogP contribution in [0.2, 0.25) is 0 Å². The van der Waals surface area contributed by atoms with Gasteiger partial charge in [0.05, 0.1) is 13.2 Å². The zero-order valence-corrected chi connectivity index (χ0v) is 20.5. The number of methoxy groups -OCH3 is 1. The molecule has 150 valence electrons. The molecule has 0 radical (unpaired) electrons. The summed E-state index contributed by atoms with van der Waals surface area (Å²) in [6.07, 6.45) is 5.46. The van der Waals surface area contributed by atoms with E-state index < -0.39 is 20.8 Å². The van der Waals surface area contributed by atoms with E-state index in [-0.39, 0.29) is 5.75 Å². The molecule has 1 fully saturated rings. The third-order valence-corrected chi connectivity index (χ3v) is 5.50. The van der Waals surface area contributed by atoms with Crippen LogP contribution in [0, 0.1) is 11.8 Å². The predicted octanol–water partition coefficient (Wildman–Crippen LogP) is 6.69. The number of ether oxygens (including phenoxy) is 1. The molecule has 1 aliphatic carbocycles. The topological polar surface area (TPSA) is 41.8 Å². The standard InChI is InChI=1S/C22H27NO2.2ClH.Zr/c1-15-8-7-11-21(16(15)2)23-14-18-12-19(25-3)13-20(22(18)24)17-9-5-4-6-10-17;;;/h4-6,9-10,12-16,21,24H,7-8,11H2,1-3H3;2*1H;/q;;;+2/p-2. The van der Waals surface area contributed by atoms with E-state index in [1.54, 1.807) is 7.11 Å². The molecule has 1 aliphatic rings. The minimum absolute atomic E-state index is 0.257. The maximum absolute atomic E-state index is 10.8. The molecule has 0 aliphatic heterocycles. The molecular weight excluding hydrogens is 472 g/mol. The van der Waals surface area contributed by atoms with Gasteiger partial charge in [0, 0.05) is 17.3 Å². The first-order chi connectivity index (χ1) is 13.5. The van der Waals surface area contributed by atoms with Gasteiger partial charge in [0.2, 0.25) is 0 Å². The number of rotatable bonds is 4. The summed E-state index contributed by atoms with van der Waals surface area (Å²) in [6, 6.07) is 13.9. The number of aromatic hydroxyl groups is 1. The number of phenols is 1. The fraction of sp³-hybridized carbons (Fsp3) is 0.409. The molecule has 1 saturated carbocycles. The number of hydrogen-bond acceptors (Lipinski definition) is 3. The van der Waals surface area contributed by atoms with Crippen LogP contribution in [-0.2, 0) is 20.8 Å².